The van der Waals surface area contributed by atoms with Crippen molar-refractivity contribution in [2.75, 3.05) is 0 Å². The Balaban J connectivity index is 2.80. The lowest BCUT2D eigenvalue weighted by Gasteiger charge is -2.08. The van der Waals surface area contributed by atoms with Gasteiger partial charge in [-0.05, 0) is 6.07 Å². The summed E-state index contributed by atoms with van der Waals surface area (Å²) in [7, 11) is 0. The van der Waals surface area contributed by atoms with Gasteiger partial charge in [-0.25, -0.2) is 9.78 Å². The van der Waals surface area contributed by atoms with Gasteiger partial charge in [0.1, 0.15) is 5.15 Å². The summed E-state index contributed by atoms with van der Waals surface area (Å²) in [5, 5.41) is 7.99. The molecule has 18 heavy (non-hydrogen) atoms. The summed E-state index contributed by atoms with van der Waals surface area (Å²) in [6, 6.07) is 0.659. The predicted octanol–water partition coefficient (Wildman–Crippen LogP) is 3.36. The van der Waals surface area contributed by atoms with E-state index in [1.54, 1.807) is 0 Å². The average Bonchev–Trinajstić information content (AvgIpc) is 2.56. The van der Waals surface area contributed by atoms with E-state index in [4.69, 9.17) is 28.3 Å². The zero-order valence-electron chi connectivity index (χ0n) is 8.29. The average molecular weight is 299 g/mol. The molecule has 0 fully saturated rings. The molecule has 0 aliphatic heterocycles. The number of carboxylic acid groups (broad SMARTS) is 1. The van der Waals surface area contributed by atoms with Crippen molar-refractivity contribution < 1.29 is 23.1 Å². The second kappa shape index (κ2) is 4.03. The van der Waals surface area contributed by atoms with Crippen molar-refractivity contribution >= 4 is 34.8 Å². The first-order chi connectivity index (χ1) is 8.21. The van der Waals surface area contributed by atoms with Crippen LogP contribution < -0.4 is 0 Å². The molecule has 0 bridgehead atoms. The van der Waals surface area contributed by atoms with Gasteiger partial charge in [0.05, 0.1) is 10.6 Å². The van der Waals surface area contributed by atoms with Gasteiger partial charge in [0.2, 0.25) is 0 Å². The number of pyridine rings is 1. The van der Waals surface area contributed by atoms with Crippen molar-refractivity contribution in [3.63, 3.8) is 0 Å². The van der Waals surface area contributed by atoms with Crippen LogP contribution in [0.2, 0.25) is 10.2 Å². The van der Waals surface area contributed by atoms with Crippen LogP contribution >= 0.6 is 23.2 Å². The Labute approximate surface area is 108 Å². The molecule has 0 saturated heterocycles. The van der Waals surface area contributed by atoms with Crippen LogP contribution in [-0.2, 0) is 6.18 Å². The Morgan fingerprint density at radius 1 is 1.39 bits per heavy atom. The summed E-state index contributed by atoms with van der Waals surface area (Å²) in [5.41, 5.74) is -1.75. The highest BCUT2D eigenvalue weighted by Gasteiger charge is 2.32. The third-order valence-corrected chi connectivity index (χ3v) is 2.79. The van der Waals surface area contributed by atoms with Gasteiger partial charge in [0.25, 0.3) is 0 Å². The van der Waals surface area contributed by atoms with Crippen molar-refractivity contribution in [1.82, 2.24) is 9.38 Å². The van der Waals surface area contributed by atoms with Gasteiger partial charge in [-0.15, -0.1) is 0 Å². The fourth-order valence-electron chi connectivity index (χ4n) is 1.37. The smallest absolute Gasteiger partial charge is 0.417 e. The maximum atomic E-state index is 12.5. The van der Waals surface area contributed by atoms with Gasteiger partial charge in [-0.2, -0.15) is 13.2 Å². The molecule has 0 aliphatic rings. The molecule has 0 saturated carbocycles. The molecule has 0 aliphatic carbocycles. The number of fused-ring (bicyclic) bond motifs is 1. The van der Waals surface area contributed by atoms with Crippen LogP contribution in [0.25, 0.3) is 5.65 Å². The number of hydrogen-bond donors (Lipinski definition) is 1. The van der Waals surface area contributed by atoms with E-state index in [1.807, 2.05) is 0 Å². The number of carboxylic acids is 1. The molecule has 2 aromatic rings. The molecule has 0 amide bonds. The minimum Gasteiger partial charge on any atom is -0.476 e. The van der Waals surface area contributed by atoms with Crippen LogP contribution in [0.5, 0.6) is 0 Å². The third kappa shape index (κ3) is 1.99. The highest BCUT2D eigenvalue weighted by Crippen LogP contribution is 2.33. The molecule has 2 aromatic heterocycles. The lowest BCUT2D eigenvalue weighted by molar-refractivity contribution is -0.137. The van der Waals surface area contributed by atoms with Crippen molar-refractivity contribution in [3.05, 3.63) is 33.7 Å². The van der Waals surface area contributed by atoms with Crippen molar-refractivity contribution in [1.29, 1.82) is 0 Å². The molecule has 2 heterocycles. The van der Waals surface area contributed by atoms with E-state index in [2.05, 4.69) is 4.98 Å². The number of halogens is 5. The van der Waals surface area contributed by atoms with E-state index in [1.165, 1.54) is 0 Å². The van der Waals surface area contributed by atoms with Crippen molar-refractivity contribution in [2.45, 2.75) is 6.18 Å². The molecule has 0 spiro atoms. The highest BCUT2D eigenvalue weighted by atomic mass is 35.5. The maximum absolute atomic E-state index is 12.5. The van der Waals surface area contributed by atoms with E-state index < -0.39 is 28.6 Å². The van der Waals surface area contributed by atoms with Crippen LogP contribution in [0.3, 0.4) is 0 Å². The van der Waals surface area contributed by atoms with E-state index >= 15 is 0 Å². The van der Waals surface area contributed by atoms with E-state index in [0.29, 0.717) is 12.3 Å². The van der Waals surface area contributed by atoms with Crippen molar-refractivity contribution in [3.8, 4) is 0 Å². The summed E-state index contributed by atoms with van der Waals surface area (Å²) in [5.74, 6) is -1.45. The number of imidazole rings is 1. The monoisotopic (exact) mass is 298 g/mol. The Bertz CT molecular complexity index is 651. The van der Waals surface area contributed by atoms with Crippen LogP contribution in [0, 0.1) is 0 Å². The van der Waals surface area contributed by atoms with Gasteiger partial charge in [0.15, 0.2) is 11.3 Å². The van der Waals surface area contributed by atoms with Gasteiger partial charge >= 0.3 is 12.1 Å². The van der Waals surface area contributed by atoms with Gasteiger partial charge in [-0.3, -0.25) is 4.40 Å². The quantitative estimate of drug-likeness (QED) is 0.878. The third-order valence-electron chi connectivity index (χ3n) is 2.15. The minimum absolute atomic E-state index is 0.146. The Morgan fingerprint density at radius 3 is 2.50 bits per heavy atom. The number of alkyl halides is 3. The van der Waals surface area contributed by atoms with Crippen LogP contribution in [0.15, 0.2) is 12.3 Å². The molecule has 0 atom stereocenters. The summed E-state index contributed by atoms with van der Waals surface area (Å²) in [6.45, 7) is 0. The van der Waals surface area contributed by atoms with Crippen molar-refractivity contribution in [2.24, 2.45) is 0 Å². The summed E-state index contributed by atoms with van der Waals surface area (Å²) >= 11 is 11.3. The number of rotatable bonds is 1. The second-order valence-corrected chi connectivity index (χ2v) is 4.09. The van der Waals surface area contributed by atoms with Crippen LogP contribution in [-0.4, -0.2) is 20.5 Å². The molecule has 9 heteroatoms. The zero-order chi connectivity index (χ0) is 13.7. The largest absolute Gasteiger partial charge is 0.476 e. The second-order valence-electron chi connectivity index (χ2n) is 3.32. The molecular weight excluding hydrogens is 296 g/mol. The number of aromatic nitrogens is 2. The van der Waals surface area contributed by atoms with E-state index in [0.717, 1.165) is 4.40 Å². The molecular formula is C9H3Cl2F3N2O2. The zero-order valence-corrected chi connectivity index (χ0v) is 9.81. The van der Waals surface area contributed by atoms with Crippen LogP contribution in [0.4, 0.5) is 13.2 Å². The number of hydrogen-bond acceptors (Lipinski definition) is 2. The van der Waals surface area contributed by atoms with E-state index in [-0.39, 0.29) is 10.7 Å². The Hall–Kier alpha value is -1.47. The first kappa shape index (κ1) is 13.0. The maximum Gasteiger partial charge on any atom is 0.417 e. The molecule has 0 unspecified atom stereocenters. The first-order valence-corrected chi connectivity index (χ1v) is 5.15. The minimum atomic E-state index is -4.62. The molecule has 2 rings (SSSR count). The summed E-state index contributed by atoms with van der Waals surface area (Å²) in [6.07, 6.45) is -3.97. The standard InChI is InChI=1S/C9H3Cl2F3N2O2/c10-4-1-3(9(12,13)14)2-16-6(11)5(8(17)18)15-7(4)16/h1-2H,(H,17,18). The topological polar surface area (TPSA) is 54.6 Å². The van der Waals surface area contributed by atoms with Gasteiger partial charge in [0, 0.05) is 6.20 Å². The lowest BCUT2D eigenvalue weighted by atomic mass is 10.3. The number of nitrogens with zero attached hydrogens (tertiary/aromatic N) is 2. The molecule has 0 aromatic carbocycles. The fourth-order valence-corrected chi connectivity index (χ4v) is 1.87. The number of carbonyl (C=O) groups is 1. The summed E-state index contributed by atoms with van der Waals surface area (Å²) < 4.78 is 38.4. The number of aromatic carboxylic acids is 1. The summed E-state index contributed by atoms with van der Waals surface area (Å²) in [4.78, 5) is 14.3. The van der Waals surface area contributed by atoms with Gasteiger partial charge in [-0.1, -0.05) is 23.2 Å². The Morgan fingerprint density at radius 2 is 2.00 bits per heavy atom. The van der Waals surface area contributed by atoms with Crippen LogP contribution in [0.1, 0.15) is 16.1 Å². The first-order valence-electron chi connectivity index (χ1n) is 4.39. The van der Waals surface area contributed by atoms with E-state index in [9.17, 15) is 18.0 Å². The molecule has 1 N–H and O–H groups in total. The predicted molar refractivity (Wildman–Crippen MR) is 57.2 cm³/mol. The molecule has 0 radical (unpaired) electrons. The SMILES string of the molecule is O=C(O)c1nc2c(Cl)cc(C(F)(F)F)cn2c1Cl. The Kier molecular flexibility index (Phi) is 2.90. The van der Waals surface area contributed by atoms with Gasteiger partial charge < -0.3 is 5.11 Å². The lowest BCUT2D eigenvalue weighted by Crippen LogP contribution is -2.06. The molecule has 4 nitrogen and oxygen atoms in total. The highest BCUT2D eigenvalue weighted by molar-refractivity contribution is 6.35. The fraction of sp³-hybridized carbons (Fsp3) is 0.111. The normalized spacial score (nSPS) is 12.1. The molecule has 96 valence electrons.